The van der Waals surface area contributed by atoms with E-state index in [1.165, 1.54) is 23.9 Å². The average Bonchev–Trinajstić information content (AvgIpc) is 3.24. The molecule has 5 nitrogen and oxygen atoms in total. The molecule has 9 heteroatoms. The SMILES string of the molecule is CC(Oc1ccccc1F)c1nnc(SCC(=O)c2ccc(Cl)cc2Cl)n1-c1ccccc1. The first kappa shape index (κ1) is 23.3. The molecule has 0 aliphatic rings. The van der Waals surface area contributed by atoms with Gasteiger partial charge in [-0.25, -0.2) is 4.39 Å². The van der Waals surface area contributed by atoms with Gasteiger partial charge in [-0.1, -0.05) is 65.3 Å². The summed E-state index contributed by atoms with van der Waals surface area (Å²) in [6.07, 6.45) is -0.606. The number of hydrogen-bond acceptors (Lipinski definition) is 5. The number of carbonyl (C=O) groups is 1. The summed E-state index contributed by atoms with van der Waals surface area (Å²) in [6, 6.07) is 20.4. The Morgan fingerprint density at radius 2 is 1.79 bits per heavy atom. The quantitative estimate of drug-likeness (QED) is 0.195. The number of benzene rings is 3. The molecule has 4 rings (SSSR count). The topological polar surface area (TPSA) is 57.0 Å². The third-order valence-electron chi connectivity index (χ3n) is 4.74. The van der Waals surface area contributed by atoms with Gasteiger partial charge in [-0.2, -0.15) is 0 Å². The molecule has 4 aromatic rings. The summed E-state index contributed by atoms with van der Waals surface area (Å²) >= 11 is 13.3. The first-order chi connectivity index (χ1) is 15.9. The molecule has 168 valence electrons. The van der Waals surface area contributed by atoms with E-state index in [4.69, 9.17) is 27.9 Å². The van der Waals surface area contributed by atoms with E-state index < -0.39 is 11.9 Å². The molecule has 0 bridgehead atoms. The van der Waals surface area contributed by atoms with Crippen molar-refractivity contribution in [2.75, 3.05) is 5.75 Å². The predicted molar refractivity (Wildman–Crippen MR) is 128 cm³/mol. The van der Waals surface area contributed by atoms with Gasteiger partial charge >= 0.3 is 0 Å². The number of nitrogens with zero attached hydrogens (tertiary/aromatic N) is 3. The maximum absolute atomic E-state index is 14.1. The van der Waals surface area contributed by atoms with Crippen molar-refractivity contribution >= 4 is 40.7 Å². The Morgan fingerprint density at radius 1 is 1.06 bits per heavy atom. The monoisotopic (exact) mass is 501 g/mol. The lowest BCUT2D eigenvalue weighted by atomic mass is 10.1. The Hall–Kier alpha value is -2.87. The number of para-hydroxylation sites is 2. The fourth-order valence-corrected chi connectivity index (χ4v) is 4.52. The highest BCUT2D eigenvalue weighted by molar-refractivity contribution is 7.99. The largest absolute Gasteiger partial charge is 0.480 e. The number of halogens is 3. The summed E-state index contributed by atoms with van der Waals surface area (Å²) in [5.74, 6) is 0.0597. The van der Waals surface area contributed by atoms with Crippen molar-refractivity contribution in [3.05, 3.63) is 100 Å². The number of thioether (sulfide) groups is 1. The van der Waals surface area contributed by atoms with E-state index >= 15 is 0 Å². The van der Waals surface area contributed by atoms with Gasteiger partial charge in [-0.15, -0.1) is 10.2 Å². The van der Waals surface area contributed by atoms with Crippen LogP contribution in [0, 0.1) is 5.82 Å². The molecular formula is C24H18Cl2FN3O2S. The molecule has 0 saturated heterocycles. The van der Waals surface area contributed by atoms with Crippen molar-refractivity contribution in [3.63, 3.8) is 0 Å². The molecule has 0 aliphatic heterocycles. The standard InChI is InChI=1S/C24H18Cl2FN3O2S/c1-15(32-22-10-6-5-9-20(22)27)23-28-29-24(30(23)17-7-3-2-4-8-17)33-14-21(31)18-12-11-16(25)13-19(18)26/h2-13,15H,14H2,1H3. The van der Waals surface area contributed by atoms with Gasteiger partial charge < -0.3 is 4.74 Å². The summed E-state index contributed by atoms with van der Waals surface area (Å²) in [5, 5.41) is 9.82. The molecule has 0 radical (unpaired) electrons. The summed E-state index contributed by atoms with van der Waals surface area (Å²) in [6.45, 7) is 1.77. The maximum Gasteiger partial charge on any atom is 0.196 e. The van der Waals surface area contributed by atoms with Crippen LogP contribution in [0.2, 0.25) is 10.0 Å². The van der Waals surface area contributed by atoms with Crippen LogP contribution in [0.25, 0.3) is 5.69 Å². The molecule has 0 N–H and O–H groups in total. The average molecular weight is 502 g/mol. The van der Waals surface area contributed by atoms with Crippen LogP contribution in [0.15, 0.2) is 78.0 Å². The molecule has 3 aromatic carbocycles. The van der Waals surface area contributed by atoms with Crippen molar-refractivity contribution in [3.8, 4) is 11.4 Å². The molecule has 0 spiro atoms. The van der Waals surface area contributed by atoms with Crippen molar-refractivity contribution in [2.45, 2.75) is 18.2 Å². The van der Waals surface area contributed by atoms with Crippen LogP contribution in [-0.2, 0) is 0 Å². The number of ether oxygens (including phenoxy) is 1. The molecule has 33 heavy (non-hydrogen) atoms. The number of carbonyl (C=O) groups excluding carboxylic acids is 1. The Morgan fingerprint density at radius 3 is 2.52 bits per heavy atom. The van der Waals surface area contributed by atoms with Gasteiger partial charge in [0.1, 0.15) is 0 Å². The molecule has 0 saturated carbocycles. The van der Waals surface area contributed by atoms with Crippen molar-refractivity contribution in [1.29, 1.82) is 0 Å². The van der Waals surface area contributed by atoms with Crippen LogP contribution in [0.1, 0.15) is 29.2 Å². The van der Waals surface area contributed by atoms with E-state index in [0.29, 0.717) is 26.6 Å². The lowest BCUT2D eigenvalue weighted by Crippen LogP contribution is -2.12. The zero-order valence-corrected chi connectivity index (χ0v) is 19.7. The Bertz CT molecular complexity index is 1280. The van der Waals surface area contributed by atoms with Gasteiger partial charge in [0, 0.05) is 16.3 Å². The van der Waals surface area contributed by atoms with Crippen molar-refractivity contribution in [1.82, 2.24) is 14.8 Å². The second-order valence-corrected chi connectivity index (χ2v) is 8.82. The summed E-state index contributed by atoms with van der Waals surface area (Å²) < 4.78 is 21.7. The normalized spacial score (nSPS) is 11.9. The van der Waals surface area contributed by atoms with Gasteiger partial charge in [0.15, 0.2) is 34.4 Å². The van der Waals surface area contributed by atoms with Crippen LogP contribution in [0.3, 0.4) is 0 Å². The fourth-order valence-electron chi connectivity index (χ4n) is 3.16. The van der Waals surface area contributed by atoms with Gasteiger partial charge in [-0.05, 0) is 49.4 Å². The fraction of sp³-hybridized carbons (Fsp3) is 0.125. The summed E-state index contributed by atoms with van der Waals surface area (Å²) in [4.78, 5) is 12.7. The molecule has 0 amide bonds. The highest BCUT2D eigenvalue weighted by atomic mass is 35.5. The molecule has 1 unspecified atom stereocenters. The zero-order valence-electron chi connectivity index (χ0n) is 17.4. The second kappa shape index (κ2) is 10.4. The maximum atomic E-state index is 14.1. The Balaban J connectivity index is 1.61. The van der Waals surface area contributed by atoms with Crippen LogP contribution in [0.5, 0.6) is 5.75 Å². The van der Waals surface area contributed by atoms with Crippen LogP contribution >= 0.6 is 35.0 Å². The molecule has 1 heterocycles. The zero-order chi connectivity index (χ0) is 23.4. The second-order valence-electron chi connectivity index (χ2n) is 7.04. The van der Waals surface area contributed by atoms with E-state index in [2.05, 4.69) is 10.2 Å². The third-order valence-corrected chi connectivity index (χ3v) is 6.22. The smallest absolute Gasteiger partial charge is 0.196 e. The van der Waals surface area contributed by atoms with E-state index in [0.717, 1.165) is 5.69 Å². The van der Waals surface area contributed by atoms with Crippen molar-refractivity contribution < 1.29 is 13.9 Å². The first-order valence-electron chi connectivity index (χ1n) is 9.97. The number of rotatable bonds is 8. The van der Waals surface area contributed by atoms with Crippen LogP contribution in [-0.4, -0.2) is 26.3 Å². The number of aromatic nitrogens is 3. The highest BCUT2D eigenvalue weighted by Crippen LogP contribution is 2.30. The molecular weight excluding hydrogens is 484 g/mol. The minimum Gasteiger partial charge on any atom is -0.480 e. The Kier molecular flexibility index (Phi) is 7.33. The number of Topliss-reactive ketones (excluding diaryl/α,β-unsaturated/α-hetero) is 1. The van der Waals surface area contributed by atoms with Crippen LogP contribution in [0.4, 0.5) is 4.39 Å². The van der Waals surface area contributed by atoms with E-state index in [9.17, 15) is 9.18 Å². The first-order valence-corrected chi connectivity index (χ1v) is 11.7. The third kappa shape index (κ3) is 5.38. The lowest BCUT2D eigenvalue weighted by molar-refractivity contribution is 0.102. The summed E-state index contributed by atoms with van der Waals surface area (Å²) in [5.41, 5.74) is 1.18. The van der Waals surface area contributed by atoms with Gasteiger partial charge in [0.05, 0.1) is 10.8 Å². The van der Waals surface area contributed by atoms with E-state index in [1.54, 1.807) is 41.8 Å². The van der Waals surface area contributed by atoms with Crippen LogP contribution < -0.4 is 4.74 Å². The highest BCUT2D eigenvalue weighted by Gasteiger charge is 2.23. The molecule has 0 fully saturated rings. The minimum atomic E-state index is -0.606. The predicted octanol–water partition coefficient (Wildman–Crippen LogP) is 6.83. The molecule has 1 aromatic heterocycles. The Labute approximate surface area is 204 Å². The van der Waals surface area contributed by atoms with Crippen molar-refractivity contribution in [2.24, 2.45) is 0 Å². The van der Waals surface area contributed by atoms with Gasteiger partial charge in [-0.3, -0.25) is 9.36 Å². The van der Waals surface area contributed by atoms with E-state index in [1.807, 2.05) is 30.3 Å². The lowest BCUT2D eigenvalue weighted by Gasteiger charge is -2.17. The number of hydrogen-bond donors (Lipinski definition) is 0. The van der Waals surface area contributed by atoms with E-state index in [-0.39, 0.29) is 17.3 Å². The van der Waals surface area contributed by atoms with Gasteiger partial charge in [0.2, 0.25) is 0 Å². The minimum absolute atomic E-state index is 0.0921. The van der Waals surface area contributed by atoms with Gasteiger partial charge in [0.25, 0.3) is 0 Å². The number of ketones is 1. The molecule has 1 atom stereocenters. The summed E-state index contributed by atoms with van der Waals surface area (Å²) in [7, 11) is 0. The molecule has 0 aliphatic carbocycles.